The van der Waals surface area contributed by atoms with Gasteiger partial charge >= 0.3 is 0 Å². The van der Waals surface area contributed by atoms with Crippen LogP contribution in [-0.2, 0) is 10.0 Å². The quantitative estimate of drug-likeness (QED) is 0.769. The molecule has 0 unspecified atom stereocenters. The molecule has 0 spiro atoms. The molecule has 0 atom stereocenters. The Kier molecular flexibility index (Phi) is 4.82. The van der Waals surface area contributed by atoms with Crippen LogP contribution in [0.15, 0.2) is 23.1 Å². The smallest absolute Gasteiger partial charge is 0.207 e. The molecule has 98 valence electrons. The standard InChI is InChI=1S/C12H13F2NO2S/c1-3-7-15(8-4-2)18(16,17)12-9-10(13)5-6-11(12)14/h1,5-6,9H,4,7-8H2,2H3. The van der Waals surface area contributed by atoms with E-state index in [1.807, 2.05) is 0 Å². The zero-order valence-electron chi connectivity index (χ0n) is 9.86. The van der Waals surface area contributed by atoms with Gasteiger partial charge in [-0.1, -0.05) is 12.8 Å². The molecule has 1 rings (SSSR count). The lowest BCUT2D eigenvalue weighted by Gasteiger charge is -2.19. The number of hydrogen-bond donors (Lipinski definition) is 0. The van der Waals surface area contributed by atoms with E-state index < -0.39 is 26.6 Å². The van der Waals surface area contributed by atoms with Crippen LogP contribution in [-0.4, -0.2) is 25.8 Å². The molecule has 0 heterocycles. The summed E-state index contributed by atoms with van der Waals surface area (Å²) in [5.74, 6) is 0.389. The summed E-state index contributed by atoms with van der Waals surface area (Å²) in [6.45, 7) is 1.75. The molecule has 0 fully saturated rings. The third-order valence-corrected chi connectivity index (χ3v) is 4.11. The normalized spacial score (nSPS) is 11.5. The fraction of sp³-hybridized carbons (Fsp3) is 0.333. The van der Waals surface area contributed by atoms with Gasteiger partial charge in [0.2, 0.25) is 10.0 Å². The molecular formula is C12H13F2NO2S. The Morgan fingerprint density at radius 2 is 2.06 bits per heavy atom. The molecule has 0 aliphatic carbocycles. The molecule has 1 aromatic carbocycles. The number of benzene rings is 1. The van der Waals surface area contributed by atoms with Crippen LogP contribution in [0.5, 0.6) is 0 Å². The fourth-order valence-electron chi connectivity index (χ4n) is 1.45. The molecular weight excluding hydrogens is 260 g/mol. The lowest BCUT2D eigenvalue weighted by molar-refractivity contribution is 0.439. The Bertz CT molecular complexity index is 564. The van der Waals surface area contributed by atoms with Crippen molar-refractivity contribution in [3.8, 4) is 12.3 Å². The number of sulfonamides is 1. The summed E-state index contributed by atoms with van der Waals surface area (Å²) in [6, 6.07) is 2.30. The van der Waals surface area contributed by atoms with Crippen LogP contribution in [0.3, 0.4) is 0 Å². The fourth-order valence-corrected chi connectivity index (χ4v) is 2.97. The third kappa shape index (κ3) is 3.06. The number of terminal acetylenes is 1. The van der Waals surface area contributed by atoms with E-state index >= 15 is 0 Å². The molecule has 0 aromatic heterocycles. The first-order valence-electron chi connectivity index (χ1n) is 5.32. The molecule has 0 amide bonds. The van der Waals surface area contributed by atoms with Crippen molar-refractivity contribution in [1.82, 2.24) is 4.31 Å². The highest BCUT2D eigenvalue weighted by molar-refractivity contribution is 7.89. The van der Waals surface area contributed by atoms with Gasteiger partial charge in [-0.25, -0.2) is 17.2 Å². The van der Waals surface area contributed by atoms with Crippen molar-refractivity contribution in [1.29, 1.82) is 0 Å². The van der Waals surface area contributed by atoms with Gasteiger partial charge in [-0.3, -0.25) is 0 Å². The molecule has 0 saturated heterocycles. The Balaban J connectivity index is 3.26. The predicted octanol–water partition coefficient (Wildman–Crippen LogP) is 2.00. The minimum absolute atomic E-state index is 0.155. The Labute approximate surface area is 105 Å². The van der Waals surface area contributed by atoms with Gasteiger partial charge in [0.15, 0.2) is 0 Å². The van der Waals surface area contributed by atoms with Gasteiger partial charge in [-0.2, -0.15) is 4.31 Å². The second-order valence-corrected chi connectivity index (χ2v) is 5.52. The highest BCUT2D eigenvalue weighted by atomic mass is 32.2. The van der Waals surface area contributed by atoms with Crippen LogP contribution < -0.4 is 0 Å². The van der Waals surface area contributed by atoms with Crippen molar-refractivity contribution >= 4 is 10.0 Å². The molecule has 0 aliphatic heterocycles. The zero-order chi connectivity index (χ0) is 13.8. The van der Waals surface area contributed by atoms with Crippen LogP contribution in [0.4, 0.5) is 8.78 Å². The van der Waals surface area contributed by atoms with Crippen molar-refractivity contribution in [2.24, 2.45) is 0 Å². The van der Waals surface area contributed by atoms with E-state index in [0.29, 0.717) is 12.5 Å². The lowest BCUT2D eigenvalue weighted by atomic mass is 10.3. The molecule has 0 saturated carbocycles. The van der Waals surface area contributed by atoms with Crippen molar-refractivity contribution in [2.75, 3.05) is 13.1 Å². The zero-order valence-corrected chi connectivity index (χ0v) is 10.7. The Morgan fingerprint density at radius 1 is 1.39 bits per heavy atom. The van der Waals surface area contributed by atoms with Crippen molar-refractivity contribution in [3.63, 3.8) is 0 Å². The summed E-state index contributed by atoms with van der Waals surface area (Å²) in [5, 5.41) is 0. The number of nitrogens with zero attached hydrogens (tertiary/aromatic N) is 1. The first-order valence-corrected chi connectivity index (χ1v) is 6.76. The summed E-state index contributed by atoms with van der Waals surface area (Å²) in [4.78, 5) is -0.689. The van der Waals surface area contributed by atoms with Crippen LogP contribution in [0.25, 0.3) is 0 Å². The summed E-state index contributed by atoms with van der Waals surface area (Å²) in [6.07, 6.45) is 5.60. The largest absolute Gasteiger partial charge is 0.246 e. The molecule has 0 radical (unpaired) electrons. The van der Waals surface area contributed by atoms with Crippen molar-refractivity contribution in [3.05, 3.63) is 29.8 Å². The van der Waals surface area contributed by atoms with Gasteiger partial charge in [0.1, 0.15) is 16.5 Å². The molecule has 0 aliphatic rings. The molecule has 0 N–H and O–H groups in total. The average Bonchev–Trinajstić information content (AvgIpc) is 2.32. The van der Waals surface area contributed by atoms with Crippen LogP contribution in [0, 0.1) is 24.0 Å². The van der Waals surface area contributed by atoms with E-state index in [1.54, 1.807) is 6.92 Å². The van der Waals surface area contributed by atoms with Gasteiger partial charge in [0.25, 0.3) is 0 Å². The van der Waals surface area contributed by atoms with E-state index in [0.717, 1.165) is 16.4 Å². The van der Waals surface area contributed by atoms with Crippen molar-refractivity contribution < 1.29 is 17.2 Å². The number of rotatable bonds is 5. The highest BCUT2D eigenvalue weighted by Crippen LogP contribution is 2.20. The third-order valence-electron chi connectivity index (χ3n) is 2.25. The van der Waals surface area contributed by atoms with Gasteiger partial charge < -0.3 is 0 Å². The monoisotopic (exact) mass is 273 g/mol. The number of halogens is 2. The Morgan fingerprint density at radius 3 is 2.61 bits per heavy atom. The minimum atomic E-state index is -4.10. The second kappa shape index (κ2) is 5.94. The topological polar surface area (TPSA) is 37.4 Å². The predicted molar refractivity (Wildman–Crippen MR) is 64.2 cm³/mol. The summed E-state index contributed by atoms with van der Waals surface area (Å²) in [7, 11) is -4.10. The first-order chi connectivity index (χ1) is 8.43. The number of hydrogen-bond acceptors (Lipinski definition) is 2. The van der Waals surface area contributed by atoms with Gasteiger partial charge in [0.05, 0.1) is 6.54 Å². The second-order valence-electron chi connectivity index (χ2n) is 3.62. The lowest BCUT2D eigenvalue weighted by Crippen LogP contribution is -2.32. The maximum atomic E-state index is 13.5. The maximum Gasteiger partial charge on any atom is 0.246 e. The summed E-state index contributed by atoms with van der Waals surface area (Å²) in [5.41, 5.74) is 0. The first kappa shape index (κ1) is 14.6. The van der Waals surface area contributed by atoms with Crippen molar-refractivity contribution in [2.45, 2.75) is 18.2 Å². The van der Waals surface area contributed by atoms with E-state index in [9.17, 15) is 17.2 Å². The Hall–Kier alpha value is -1.45. The molecule has 18 heavy (non-hydrogen) atoms. The summed E-state index contributed by atoms with van der Waals surface area (Å²) >= 11 is 0. The summed E-state index contributed by atoms with van der Waals surface area (Å²) < 4.78 is 51.7. The van der Waals surface area contributed by atoms with Crippen LogP contribution in [0.1, 0.15) is 13.3 Å². The van der Waals surface area contributed by atoms with E-state index in [-0.39, 0.29) is 13.1 Å². The van der Waals surface area contributed by atoms with Gasteiger partial charge in [0, 0.05) is 6.54 Å². The average molecular weight is 273 g/mol. The molecule has 1 aromatic rings. The highest BCUT2D eigenvalue weighted by Gasteiger charge is 2.26. The van der Waals surface area contributed by atoms with Crippen LogP contribution >= 0.6 is 0 Å². The minimum Gasteiger partial charge on any atom is -0.207 e. The van der Waals surface area contributed by atoms with E-state index in [4.69, 9.17) is 6.42 Å². The molecule has 6 heteroatoms. The SMILES string of the molecule is C#CCN(CCC)S(=O)(=O)c1cc(F)ccc1F. The maximum absolute atomic E-state index is 13.5. The van der Waals surface area contributed by atoms with Gasteiger partial charge in [-0.15, -0.1) is 6.42 Å². The van der Waals surface area contributed by atoms with Gasteiger partial charge in [-0.05, 0) is 24.6 Å². The van der Waals surface area contributed by atoms with Crippen LogP contribution in [0.2, 0.25) is 0 Å². The molecule has 3 nitrogen and oxygen atoms in total. The molecule has 0 bridgehead atoms. The van der Waals surface area contributed by atoms with E-state index in [2.05, 4.69) is 5.92 Å². The van der Waals surface area contributed by atoms with E-state index in [1.165, 1.54) is 0 Å².